The maximum Gasteiger partial charge on any atom is 0.254 e. The number of benzene rings is 1. The number of furan rings is 1. The number of carbonyl (C=O) groups excluding carboxylic acids is 1. The molecule has 24 heavy (non-hydrogen) atoms. The van der Waals surface area contributed by atoms with E-state index in [0.29, 0.717) is 11.3 Å². The molecule has 0 saturated carbocycles. The van der Waals surface area contributed by atoms with Crippen LogP contribution in [-0.4, -0.2) is 22.5 Å². The van der Waals surface area contributed by atoms with Gasteiger partial charge in [0, 0.05) is 11.9 Å². The quantitative estimate of drug-likeness (QED) is 0.744. The SMILES string of the molecule is Cc1nc(-c2cc(C(=O)NCC(O)c3ccccc3C)co2)cs1. The van der Waals surface area contributed by atoms with Crippen LogP contribution in [0.25, 0.3) is 11.5 Å². The van der Waals surface area contributed by atoms with Crippen molar-refractivity contribution in [1.29, 1.82) is 0 Å². The van der Waals surface area contributed by atoms with E-state index < -0.39 is 6.10 Å². The number of carbonyl (C=O) groups is 1. The third-order valence-electron chi connectivity index (χ3n) is 3.74. The topological polar surface area (TPSA) is 75.4 Å². The predicted molar refractivity (Wildman–Crippen MR) is 93.0 cm³/mol. The summed E-state index contributed by atoms with van der Waals surface area (Å²) in [5.41, 5.74) is 2.93. The zero-order valence-corrected chi connectivity index (χ0v) is 14.3. The number of aryl methyl sites for hydroxylation is 2. The monoisotopic (exact) mass is 342 g/mol. The fourth-order valence-corrected chi connectivity index (χ4v) is 3.03. The van der Waals surface area contributed by atoms with Crippen LogP contribution in [0.15, 0.2) is 46.4 Å². The van der Waals surface area contributed by atoms with Gasteiger partial charge in [-0.15, -0.1) is 11.3 Å². The zero-order valence-electron chi connectivity index (χ0n) is 13.4. The molecule has 0 saturated heterocycles. The number of nitrogens with zero attached hydrogens (tertiary/aromatic N) is 1. The molecule has 124 valence electrons. The summed E-state index contributed by atoms with van der Waals surface area (Å²) in [6, 6.07) is 9.22. The number of thiazole rings is 1. The predicted octanol–water partition coefficient (Wildman–Crippen LogP) is 3.48. The molecule has 0 aliphatic rings. The first-order valence-electron chi connectivity index (χ1n) is 7.57. The number of hydrogen-bond donors (Lipinski definition) is 2. The molecule has 1 amide bonds. The summed E-state index contributed by atoms with van der Waals surface area (Å²) in [4.78, 5) is 16.5. The highest BCUT2D eigenvalue weighted by Crippen LogP contribution is 2.24. The third-order valence-corrected chi connectivity index (χ3v) is 4.51. The van der Waals surface area contributed by atoms with E-state index in [2.05, 4.69) is 10.3 Å². The van der Waals surface area contributed by atoms with E-state index >= 15 is 0 Å². The second-order valence-corrected chi connectivity index (χ2v) is 6.60. The lowest BCUT2D eigenvalue weighted by molar-refractivity contribution is 0.0915. The normalized spacial score (nSPS) is 12.1. The summed E-state index contributed by atoms with van der Waals surface area (Å²) in [7, 11) is 0. The van der Waals surface area contributed by atoms with E-state index in [0.717, 1.165) is 21.8 Å². The maximum atomic E-state index is 12.2. The molecular formula is C18H18N2O3S. The van der Waals surface area contributed by atoms with Gasteiger partial charge in [-0.05, 0) is 31.0 Å². The molecule has 2 N–H and O–H groups in total. The Morgan fingerprint density at radius 2 is 2.17 bits per heavy atom. The number of nitrogens with one attached hydrogen (secondary N) is 1. The van der Waals surface area contributed by atoms with Crippen LogP contribution in [-0.2, 0) is 0 Å². The van der Waals surface area contributed by atoms with Gasteiger partial charge < -0.3 is 14.8 Å². The molecule has 0 aliphatic heterocycles. The van der Waals surface area contributed by atoms with Crippen molar-refractivity contribution in [2.75, 3.05) is 6.54 Å². The van der Waals surface area contributed by atoms with Crippen molar-refractivity contribution in [3.05, 3.63) is 63.7 Å². The molecule has 1 aromatic carbocycles. The lowest BCUT2D eigenvalue weighted by Gasteiger charge is -2.14. The standard InChI is InChI=1S/C18H18N2O3S/c1-11-5-3-4-6-14(11)16(21)8-19-18(22)13-7-17(23-9-13)15-10-24-12(2)20-15/h3-7,9-10,16,21H,8H2,1-2H3,(H,19,22). The molecular weight excluding hydrogens is 324 g/mol. The van der Waals surface area contributed by atoms with Gasteiger partial charge >= 0.3 is 0 Å². The number of rotatable bonds is 5. The van der Waals surface area contributed by atoms with Crippen molar-refractivity contribution in [3.63, 3.8) is 0 Å². The Morgan fingerprint density at radius 3 is 2.88 bits per heavy atom. The highest BCUT2D eigenvalue weighted by atomic mass is 32.1. The molecule has 1 unspecified atom stereocenters. The van der Waals surface area contributed by atoms with Crippen LogP contribution in [0, 0.1) is 13.8 Å². The van der Waals surface area contributed by atoms with E-state index in [4.69, 9.17) is 4.42 Å². The lowest BCUT2D eigenvalue weighted by atomic mass is 10.0. The second kappa shape index (κ2) is 6.98. The van der Waals surface area contributed by atoms with Crippen molar-refractivity contribution in [2.45, 2.75) is 20.0 Å². The summed E-state index contributed by atoms with van der Waals surface area (Å²) in [5, 5.41) is 15.8. The molecule has 0 radical (unpaired) electrons. The Kier molecular flexibility index (Phi) is 4.78. The summed E-state index contributed by atoms with van der Waals surface area (Å²) >= 11 is 1.53. The number of amides is 1. The van der Waals surface area contributed by atoms with E-state index in [-0.39, 0.29) is 12.5 Å². The number of aromatic nitrogens is 1. The Balaban J connectivity index is 1.63. The van der Waals surface area contributed by atoms with Gasteiger partial charge in [0.25, 0.3) is 5.91 Å². The average Bonchev–Trinajstić information content (AvgIpc) is 3.21. The first-order valence-corrected chi connectivity index (χ1v) is 8.45. The summed E-state index contributed by atoms with van der Waals surface area (Å²) < 4.78 is 5.42. The minimum Gasteiger partial charge on any atom is -0.462 e. The fourth-order valence-electron chi connectivity index (χ4n) is 2.43. The summed E-state index contributed by atoms with van der Waals surface area (Å²) in [6.45, 7) is 3.98. The third kappa shape index (κ3) is 3.55. The Bertz CT molecular complexity index is 853. The number of aliphatic hydroxyl groups is 1. The van der Waals surface area contributed by atoms with Gasteiger partial charge in [0.05, 0.1) is 16.7 Å². The first kappa shape index (κ1) is 16.4. The van der Waals surface area contributed by atoms with Crippen molar-refractivity contribution in [3.8, 4) is 11.5 Å². The Hall–Kier alpha value is -2.44. The zero-order chi connectivity index (χ0) is 17.1. The molecule has 2 heterocycles. The van der Waals surface area contributed by atoms with Crippen LogP contribution >= 0.6 is 11.3 Å². The smallest absolute Gasteiger partial charge is 0.254 e. The van der Waals surface area contributed by atoms with Gasteiger partial charge in [0.2, 0.25) is 0 Å². The van der Waals surface area contributed by atoms with Crippen molar-refractivity contribution in [2.24, 2.45) is 0 Å². The maximum absolute atomic E-state index is 12.2. The molecule has 3 rings (SSSR count). The van der Waals surface area contributed by atoms with Crippen molar-refractivity contribution in [1.82, 2.24) is 10.3 Å². The van der Waals surface area contributed by atoms with E-state index in [9.17, 15) is 9.90 Å². The van der Waals surface area contributed by atoms with Crippen molar-refractivity contribution >= 4 is 17.2 Å². The molecule has 6 heteroatoms. The van der Waals surface area contributed by atoms with E-state index in [1.807, 2.05) is 43.5 Å². The highest BCUT2D eigenvalue weighted by molar-refractivity contribution is 7.09. The molecule has 1 atom stereocenters. The Labute approximate surface area is 144 Å². The van der Waals surface area contributed by atoms with Crippen LogP contribution in [0.5, 0.6) is 0 Å². The fraction of sp³-hybridized carbons (Fsp3) is 0.222. The van der Waals surface area contributed by atoms with Crippen LogP contribution < -0.4 is 5.32 Å². The minimum absolute atomic E-state index is 0.139. The molecule has 0 aliphatic carbocycles. The molecule has 0 spiro atoms. The van der Waals surface area contributed by atoms with Crippen LogP contribution in [0.3, 0.4) is 0 Å². The molecule has 0 bridgehead atoms. The minimum atomic E-state index is -0.747. The van der Waals surface area contributed by atoms with Crippen LogP contribution in [0.4, 0.5) is 0 Å². The molecule has 3 aromatic rings. The van der Waals surface area contributed by atoms with Gasteiger partial charge in [0.1, 0.15) is 12.0 Å². The lowest BCUT2D eigenvalue weighted by Crippen LogP contribution is -2.28. The van der Waals surface area contributed by atoms with E-state index in [1.165, 1.54) is 17.6 Å². The van der Waals surface area contributed by atoms with Gasteiger partial charge in [0.15, 0.2) is 5.76 Å². The first-order chi connectivity index (χ1) is 11.5. The summed E-state index contributed by atoms with van der Waals surface area (Å²) in [5.74, 6) is 0.272. The van der Waals surface area contributed by atoms with Crippen LogP contribution in [0.2, 0.25) is 0 Å². The summed E-state index contributed by atoms with van der Waals surface area (Å²) in [6.07, 6.45) is 0.655. The average molecular weight is 342 g/mol. The molecule has 0 fully saturated rings. The van der Waals surface area contributed by atoms with Gasteiger partial charge in [-0.25, -0.2) is 4.98 Å². The van der Waals surface area contributed by atoms with Gasteiger partial charge in [-0.3, -0.25) is 4.79 Å². The second-order valence-electron chi connectivity index (χ2n) is 5.53. The number of hydrogen-bond acceptors (Lipinski definition) is 5. The Morgan fingerprint density at radius 1 is 1.38 bits per heavy atom. The van der Waals surface area contributed by atoms with Gasteiger partial charge in [-0.1, -0.05) is 24.3 Å². The van der Waals surface area contributed by atoms with E-state index in [1.54, 1.807) is 6.07 Å². The number of aliphatic hydroxyl groups excluding tert-OH is 1. The molecule has 2 aromatic heterocycles. The van der Waals surface area contributed by atoms with Gasteiger partial charge in [-0.2, -0.15) is 0 Å². The van der Waals surface area contributed by atoms with Crippen LogP contribution in [0.1, 0.15) is 32.6 Å². The largest absolute Gasteiger partial charge is 0.462 e. The highest BCUT2D eigenvalue weighted by Gasteiger charge is 2.15. The molecule has 5 nitrogen and oxygen atoms in total. The van der Waals surface area contributed by atoms with Crippen molar-refractivity contribution < 1.29 is 14.3 Å².